The second-order valence-electron chi connectivity index (χ2n) is 6.95. The Bertz CT molecular complexity index is 951. The van der Waals surface area contributed by atoms with Gasteiger partial charge in [0.1, 0.15) is 5.75 Å². The third-order valence-corrected chi connectivity index (χ3v) is 5.82. The Morgan fingerprint density at radius 1 is 1.00 bits per heavy atom. The fourth-order valence-corrected chi connectivity index (χ4v) is 3.98. The number of para-hydroxylation sites is 3. The van der Waals surface area contributed by atoms with Crippen molar-refractivity contribution in [2.24, 2.45) is 0 Å². The molecule has 3 aromatic rings. The summed E-state index contributed by atoms with van der Waals surface area (Å²) in [6.07, 6.45) is 0. The number of piperazine rings is 1. The number of hydrogen-bond acceptors (Lipinski definition) is 4. The molecule has 1 fully saturated rings. The lowest BCUT2D eigenvalue weighted by atomic mass is 10.1. The molecular weight excluding hydrogens is 358 g/mol. The van der Waals surface area contributed by atoms with Gasteiger partial charge in [0.05, 0.1) is 29.0 Å². The van der Waals surface area contributed by atoms with Gasteiger partial charge in [0.25, 0.3) is 0 Å². The maximum absolute atomic E-state index is 6.64. The van der Waals surface area contributed by atoms with E-state index in [9.17, 15) is 0 Å². The highest BCUT2D eigenvalue weighted by Crippen LogP contribution is 2.30. The van der Waals surface area contributed by atoms with Crippen LogP contribution in [-0.2, 0) is 6.54 Å². The molecule has 27 heavy (non-hydrogen) atoms. The molecule has 2 heterocycles. The lowest BCUT2D eigenvalue weighted by Crippen LogP contribution is -2.46. The molecule has 0 N–H and O–H groups in total. The third-order valence-electron chi connectivity index (χ3n) is 5.32. The van der Waals surface area contributed by atoms with Gasteiger partial charge in [0, 0.05) is 38.1 Å². The van der Waals surface area contributed by atoms with Gasteiger partial charge in [-0.05, 0) is 30.7 Å². The molecule has 4 rings (SSSR count). The normalized spacial score (nSPS) is 15.3. The zero-order valence-corrected chi connectivity index (χ0v) is 16.5. The van der Waals surface area contributed by atoms with Crippen molar-refractivity contribution in [2.45, 2.75) is 13.5 Å². The molecule has 0 spiro atoms. The largest absolute Gasteiger partial charge is 0.495 e. The maximum Gasteiger partial charge on any atom is 0.142 e. The highest BCUT2D eigenvalue weighted by atomic mass is 35.5. The van der Waals surface area contributed by atoms with Gasteiger partial charge in [-0.3, -0.25) is 4.90 Å². The molecule has 1 aliphatic rings. The lowest BCUT2D eigenvalue weighted by molar-refractivity contribution is 0.246. The van der Waals surface area contributed by atoms with E-state index in [1.165, 1.54) is 0 Å². The Labute approximate surface area is 165 Å². The molecule has 0 radical (unpaired) electrons. The van der Waals surface area contributed by atoms with Gasteiger partial charge in [0.15, 0.2) is 0 Å². The van der Waals surface area contributed by atoms with E-state index in [-0.39, 0.29) is 0 Å². The van der Waals surface area contributed by atoms with Crippen LogP contribution in [0.1, 0.15) is 11.3 Å². The molecule has 1 aromatic heterocycles. The Morgan fingerprint density at radius 3 is 2.48 bits per heavy atom. The summed E-state index contributed by atoms with van der Waals surface area (Å²) in [5, 5.41) is 1.92. The zero-order valence-electron chi connectivity index (χ0n) is 15.8. The number of aromatic nitrogens is 1. The standard InChI is InChI=1S/C22H24ClN3O/c1-16-17-7-3-4-8-18(17)24-19(22(16)23)15-25-11-13-26(14-12-25)20-9-5-6-10-21(20)27-2/h3-10H,11-15H2,1-2H3. The molecule has 0 unspecified atom stereocenters. The minimum absolute atomic E-state index is 0.782. The smallest absolute Gasteiger partial charge is 0.142 e. The van der Waals surface area contributed by atoms with Gasteiger partial charge in [-0.2, -0.15) is 0 Å². The summed E-state index contributed by atoms with van der Waals surface area (Å²) in [7, 11) is 1.73. The van der Waals surface area contributed by atoms with Gasteiger partial charge in [-0.1, -0.05) is 41.9 Å². The first-order valence-corrected chi connectivity index (χ1v) is 9.69. The molecule has 0 aliphatic carbocycles. The van der Waals surface area contributed by atoms with Gasteiger partial charge in [0.2, 0.25) is 0 Å². The highest BCUT2D eigenvalue weighted by Gasteiger charge is 2.21. The van der Waals surface area contributed by atoms with Crippen molar-refractivity contribution in [3.8, 4) is 5.75 Å². The summed E-state index contributed by atoms with van der Waals surface area (Å²) >= 11 is 6.64. The molecule has 0 saturated carbocycles. The number of pyridine rings is 1. The SMILES string of the molecule is COc1ccccc1N1CCN(Cc2nc3ccccc3c(C)c2Cl)CC1. The van der Waals surface area contributed by atoms with E-state index >= 15 is 0 Å². The minimum atomic E-state index is 0.782. The van der Waals surface area contributed by atoms with Crippen LogP contribution in [0.25, 0.3) is 10.9 Å². The number of methoxy groups -OCH3 is 1. The predicted molar refractivity (Wildman–Crippen MR) is 112 cm³/mol. The van der Waals surface area contributed by atoms with Crippen molar-refractivity contribution < 1.29 is 4.74 Å². The summed E-state index contributed by atoms with van der Waals surface area (Å²) in [5.74, 6) is 0.931. The summed E-state index contributed by atoms with van der Waals surface area (Å²) in [6, 6.07) is 16.4. The van der Waals surface area contributed by atoms with Gasteiger partial charge in [-0.25, -0.2) is 4.98 Å². The average Bonchev–Trinajstić information content (AvgIpc) is 2.72. The second kappa shape index (κ2) is 7.75. The van der Waals surface area contributed by atoms with E-state index in [1.807, 2.05) is 24.3 Å². The Balaban J connectivity index is 1.48. The molecule has 1 aliphatic heterocycles. The maximum atomic E-state index is 6.64. The first-order valence-electron chi connectivity index (χ1n) is 9.31. The number of anilines is 1. The van der Waals surface area contributed by atoms with Crippen molar-refractivity contribution in [3.05, 3.63) is 64.8 Å². The fourth-order valence-electron chi connectivity index (χ4n) is 3.77. The lowest BCUT2D eigenvalue weighted by Gasteiger charge is -2.36. The van der Waals surface area contributed by atoms with Crippen LogP contribution in [0.2, 0.25) is 5.02 Å². The number of ether oxygens (including phenoxy) is 1. The summed E-state index contributed by atoms with van der Waals surface area (Å²) < 4.78 is 5.51. The van der Waals surface area contributed by atoms with E-state index < -0.39 is 0 Å². The van der Waals surface area contributed by atoms with Crippen LogP contribution in [0, 0.1) is 6.92 Å². The van der Waals surface area contributed by atoms with Gasteiger partial charge in [-0.15, -0.1) is 0 Å². The molecule has 0 amide bonds. The fraction of sp³-hybridized carbons (Fsp3) is 0.318. The number of rotatable bonds is 4. The summed E-state index contributed by atoms with van der Waals surface area (Å²) in [4.78, 5) is 9.64. The number of fused-ring (bicyclic) bond motifs is 1. The molecule has 0 bridgehead atoms. The van der Waals surface area contributed by atoms with Crippen molar-refractivity contribution in [3.63, 3.8) is 0 Å². The topological polar surface area (TPSA) is 28.6 Å². The van der Waals surface area contributed by atoms with Crippen LogP contribution in [0.4, 0.5) is 5.69 Å². The van der Waals surface area contributed by atoms with Gasteiger partial charge < -0.3 is 9.64 Å². The highest BCUT2D eigenvalue weighted by molar-refractivity contribution is 6.32. The first-order chi connectivity index (χ1) is 13.2. The molecule has 4 nitrogen and oxygen atoms in total. The Hall–Kier alpha value is -2.30. The number of hydrogen-bond donors (Lipinski definition) is 0. The number of aryl methyl sites for hydroxylation is 1. The minimum Gasteiger partial charge on any atom is -0.495 e. The van der Waals surface area contributed by atoms with E-state index in [4.69, 9.17) is 21.3 Å². The molecule has 140 valence electrons. The van der Waals surface area contributed by atoms with E-state index in [0.29, 0.717) is 0 Å². The van der Waals surface area contributed by atoms with Gasteiger partial charge >= 0.3 is 0 Å². The average molecular weight is 382 g/mol. The molecule has 1 saturated heterocycles. The van der Waals surface area contributed by atoms with Crippen molar-refractivity contribution in [1.29, 1.82) is 0 Å². The van der Waals surface area contributed by atoms with Crippen molar-refractivity contribution in [1.82, 2.24) is 9.88 Å². The summed E-state index contributed by atoms with van der Waals surface area (Å²) in [6.45, 7) is 6.73. The van der Waals surface area contributed by atoms with Crippen molar-refractivity contribution in [2.75, 3.05) is 38.2 Å². The van der Waals surface area contributed by atoms with Crippen LogP contribution in [0.15, 0.2) is 48.5 Å². The third kappa shape index (κ3) is 3.60. The quantitative estimate of drug-likeness (QED) is 0.664. The number of nitrogens with zero attached hydrogens (tertiary/aromatic N) is 3. The zero-order chi connectivity index (χ0) is 18.8. The molecule has 5 heteroatoms. The second-order valence-corrected chi connectivity index (χ2v) is 7.33. The molecule has 2 aromatic carbocycles. The Kier molecular flexibility index (Phi) is 5.19. The van der Waals surface area contributed by atoms with Crippen molar-refractivity contribution >= 4 is 28.2 Å². The predicted octanol–water partition coefficient (Wildman–Crippen LogP) is 4.53. The van der Waals surface area contributed by atoms with Crippen LogP contribution in [0.3, 0.4) is 0 Å². The monoisotopic (exact) mass is 381 g/mol. The van der Waals surface area contributed by atoms with Crippen LogP contribution >= 0.6 is 11.6 Å². The van der Waals surface area contributed by atoms with E-state index in [0.717, 1.165) is 71.3 Å². The summed E-state index contributed by atoms with van der Waals surface area (Å²) in [5.41, 5.74) is 4.27. The molecule has 0 atom stereocenters. The molecular formula is C22H24ClN3O. The van der Waals surface area contributed by atoms with Crippen LogP contribution in [-0.4, -0.2) is 43.2 Å². The van der Waals surface area contributed by atoms with E-state index in [1.54, 1.807) is 7.11 Å². The van der Waals surface area contributed by atoms with E-state index in [2.05, 4.69) is 41.0 Å². The first kappa shape index (κ1) is 18.1. The van der Waals surface area contributed by atoms with Crippen LogP contribution in [0.5, 0.6) is 5.75 Å². The van der Waals surface area contributed by atoms with Crippen LogP contribution < -0.4 is 9.64 Å². The number of benzene rings is 2. The Morgan fingerprint density at radius 2 is 1.70 bits per heavy atom. The number of halogens is 1.